The number of nitrogens with zero attached hydrogens (tertiary/aromatic N) is 1. The predicted octanol–water partition coefficient (Wildman–Crippen LogP) is 2.56. The van der Waals surface area contributed by atoms with Crippen molar-refractivity contribution in [3.05, 3.63) is 0 Å². The van der Waals surface area contributed by atoms with Crippen LogP contribution in [0.15, 0.2) is 0 Å². The van der Waals surface area contributed by atoms with Gasteiger partial charge in [0.05, 0.1) is 7.11 Å². The van der Waals surface area contributed by atoms with Crippen molar-refractivity contribution >= 4 is 14.3 Å². The van der Waals surface area contributed by atoms with E-state index in [0.29, 0.717) is 0 Å². The molecule has 17 heavy (non-hydrogen) atoms. The van der Waals surface area contributed by atoms with Gasteiger partial charge >= 0.3 is 5.97 Å². The van der Waals surface area contributed by atoms with Crippen molar-refractivity contribution in [1.29, 1.82) is 0 Å². The molecule has 1 heterocycles. The molecule has 0 unspecified atom stereocenters. The van der Waals surface area contributed by atoms with Crippen LogP contribution >= 0.6 is 0 Å². The number of hydroxylamine groups is 2. The van der Waals surface area contributed by atoms with Crippen LogP contribution in [0, 0.1) is 0 Å². The van der Waals surface area contributed by atoms with Crippen LogP contribution in [-0.2, 0) is 14.1 Å². The summed E-state index contributed by atoms with van der Waals surface area (Å²) in [5.41, 5.74) is 0. The Morgan fingerprint density at radius 1 is 1.35 bits per heavy atom. The second-order valence-electron chi connectivity index (χ2n) is 6.17. The molecule has 1 rings (SSSR count). The zero-order valence-electron chi connectivity index (χ0n) is 11.9. The van der Waals surface area contributed by atoms with Gasteiger partial charge in [-0.3, -0.25) is 4.79 Å². The van der Waals surface area contributed by atoms with Gasteiger partial charge in [-0.05, 0) is 31.0 Å². The normalized spacial score (nSPS) is 22.8. The Labute approximate surface area is 105 Å². The average Bonchev–Trinajstić information content (AvgIpc) is 2.62. The smallest absolute Gasteiger partial charge is 0.325 e. The molecule has 1 fully saturated rings. The number of methoxy groups -OCH3 is 1. The van der Waals surface area contributed by atoms with Crippen LogP contribution in [0.5, 0.6) is 0 Å². The molecule has 0 spiro atoms. The first kappa shape index (κ1) is 14.7. The average molecular weight is 259 g/mol. The number of rotatable bonds is 3. The fourth-order valence-electron chi connectivity index (χ4n) is 1.65. The number of carbonyl (C=O) groups excluding carboxylic acids is 1. The molecule has 100 valence electrons. The van der Waals surface area contributed by atoms with Gasteiger partial charge in [0.1, 0.15) is 6.04 Å². The van der Waals surface area contributed by atoms with Crippen molar-refractivity contribution in [3.63, 3.8) is 0 Å². The van der Waals surface area contributed by atoms with Crippen molar-refractivity contribution in [2.45, 2.75) is 57.8 Å². The fraction of sp³-hybridized carbons (Fsp3) is 0.917. The summed E-state index contributed by atoms with van der Waals surface area (Å²) in [6.07, 6.45) is 1.83. The van der Waals surface area contributed by atoms with Crippen LogP contribution in [0.25, 0.3) is 0 Å². The van der Waals surface area contributed by atoms with Gasteiger partial charge in [-0.15, -0.1) is 0 Å². The molecule has 0 aromatic rings. The number of hydrogen-bond acceptors (Lipinski definition) is 4. The number of ether oxygens (including phenoxy) is 1. The molecule has 0 aliphatic carbocycles. The third-order valence-corrected chi connectivity index (χ3v) is 8.13. The van der Waals surface area contributed by atoms with Crippen molar-refractivity contribution in [1.82, 2.24) is 5.06 Å². The minimum Gasteiger partial charge on any atom is -0.468 e. The Balaban J connectivity index is 2.71. The highest BCUT2D eigenvalue weighted by Crippen LogP contribution is 2.38. The third-order valence-electron chi connectivity index (χ3n) is 3.83. The Bertz CT molecular complexity index is 286. The van der Waals surface area contributed by atoms with Gasteiger partial charge in [0.2, 0.25) is 8.32 Å². The monoisotopic (exact) mass is 259 g/mol. The lowest BCUT2D eigenvalue weighted by Gasteiger charge is -2.39. The van der Waals surface area contributed by atoms with E-state index in [-0.39, 0.29) is 17.0 Å². The van der Waals surface area contributed by atoms with Crippen LogP contribution in [0.4, 0.5) is 0 Å². The van der Waals surface area contributed by atoms with Crippen molar-refractivity contribution in [2.24, 2.45) is 0 Å². The molecule has 1 aliphatic heterocycles. The molecule has 4 nitrogen and oxygen atoms in total. The Morgan fingerprint density at radius 2 is 1.94 bits per heavy atom. The number of carbonyl (C=O) groups is 1. The lowest BCUT2D eigenvalue weighted by Crippen LogP contribution is -2.49. The SMILES string of the molecule is COC(=O)[C@H]1CCCN1O[Si](C)(C)C(C)(C)C. The van der Waals surface area contributed by atoms with Crippen LogP contribution in [-0.4, -0.2) is 39.0 Å². The van der Waals surface area contributed by atoms with E-state index in [2.05, 4.69) is 33.9 Å². The summed E-state index contributed by atoms with van der Waals surface area (Å²) >= 11 is 0. The molecule has 0 saturated carbocycles. The quantitative estimate of drug-likeness (QED) is 0.577. The Hall–Kier alpha value is -0.393. The van der Waals surface area contributed by atoms with Gasteiger partial charge in [0, 0.05) is 6.54 Å². The first-order valence-electron chi connectivity index (χ1n) is 6.22. The van der Waals surface area contributed by atoms with E-state index < -0.39 is 8.32 Å². The minimum atomic E-state index is -1.85. The van der Waals surface area contributed by atoms with E-state index in [1.807, 2.05) is 5.06 Å². The summed E-state index contributed by atoms with van der Waals surface area (Å²) in [4.78, 5) is 11.6. The van der Waals surface area contributed by atoms with Gasteiger partial charge in [0.15, 0.2) is 0 Å². The zero-order valence-corrected chi connectivity index (χ0v) is 12.9. The highest BCUT2D eigenvalue weighted by molar-refractivity contribution is 6.74. The van der Waals surface area contributed by atoms with Gasteiger partial charge in [-0.2, -0.15) is 5.06 Å². The van der Waals surface area contributed by atoms with Crippen LogP contribution < -0.4 is 0 Å². The maximum absolute atomic E-state index is 11.6. The van der Waals surface area contributed by atoms with Crippen LogP contribution in [0.1, 0.15) is 33.6 Å². The molecule has 5 heteroatoms. The molecule has 0 bridgehead atoms. The molecular formula is C12H25NO3Si. The zero-order chi connectivity index (χ0) is 13.3. The van der Waals surface area contributed by atoms with Crippen LogP contribution in [0.2, 0.25) is 18.1 Å². The van der Waals surface area contributed by atoms with Crippen molar-refractivity contribution in [3.8, 4) is 0 Å². The third kappa shape index (κ3) is 3.30. The Morgan fingerprint density at radius 3 is 2.41 bits per heavy atom. The largest absolute Gasteiger partial charge is 0.468 e. The molecule has 0 radical (unpaired) electrons. The van der Waals surface area contributed by atoms with Gasteiger partial charge in [-0.1, -0.05) is 20.8 Å². The number of esters is 1. The molecule has 0 amide bonds. The molecule has 1 saturated heterocycles. The van der Waals surface area contributed by atoms with Gasteiger partial charge in [0.25, 0.3) is 0 Å². The standard InChI is InChI=1S/C12H25NO3Si/c1-12(2,3)17(5,6)16-13-9-7-8-10(13)11(14)15-4/h10H,7-9H2,1-6H3/t10-/m1/s1. The van der Waals surface area contributed by atoms with Gasteiger partial charge < -0.3 is 9.26 Å². The van der Waals surface area contributed by atoms with E-state index in [4.69, 9.17) is 9.26 Å². The van der Waals surface area contributed by atoms with Gasteiger partial charge in [-0.25, -0.2) is 0 Å². The van der Waals surface area contributed by atoms with E-state index >= 15 is 0 Å². The maximum atomic E-state index is 11.6. The topological polar surface area (TPSA) is 38.8 Å². The second kappa shape index (κ2) is 5.08. The van der Waals surface area contributed by atoms with E-state index in [0.717, 1.165) is 19.4 Å². The highest BCUT2D eigenvalue weighted by Gasteiger charge is 2.43. The summed E-state index contributed by atoms with van der Waals surface area (Å²) in [6, 6.07) is -0.214. The molecule has 0 aromatic heterocycles. The summed E-state index contributed by atoms with van der Waals surface area (Å²) in [7, 11) is -0.417. The van der Waals surface area contributed by atoms with Crippen LogP contribution in [0.3, 0.4) is 0 Å². The predicted molar refractivity (Wildman–Crippen MR) is 70.0 cm³/mol. The Kier molecular flexibility index (Phi) is 4.38. The maximum Gasteiger partial charge on any atom is 0.325 e. The van der Waals surface area contributed by atoms with E-state index in [1.165, 1.54) is 7.11 Å². The van der Waals surface area contributed by atoms with Crippen molar-refractivity contribution in [2.75, 3.05) is 13.7 Å². The number of hydrogen-bond donors (Lipinski definition) is 0. The van der Waals surface area contributed by atoms with Crippen molar-refractivity contribution < 1.29 is 14.1 Å². The molecule has 1 aliphatic rings. The lowest BCUT2D eigenvalue weighted by molar-refractivity contribution is -0.160. The summed E-state index contributed by atoms with van der Waals surface area (Å²) in [5.74, 6) is -0.179. The minimum absolute atomic E-state index is 0.149. The van der Waals surface area contributed by atoms with E-state index in [1.54, 1.807) is 0 Å². The van der Waals surface area contributed by atoms with E-state index in [9.17, 15) is 4.79 Å². The molecule has 0 aromatic carbocycles. The second-order valence-corrected chi connectivity index (χ2v) is 10.9. The molecular weight excluding hydrogens is 234 g/mol. The summed E-state index contributed by atoms with van der Waals surface area (Å²) in [5, 5.41) is 2.00. The fourth-order valence-corrected chi connectivity index (χ4v) is 2.73. The molecule has 0 N–H and O–H groups in total. The summed E-state index contributed by atoms with van der Waals surface area (Å²) in [6.45, 7) is 11.8. The first-order valence-corrected chi connectivity index (χ1v) is 9.13. The first-order chi connectivity index (χ1) is 7.69. The summed E-state index contributed by atoms with van der Waals surface area (Å²) < 4.78 is 11.0. The molecule has 1 atom stereocenters. The highest BCUT2D eigenvalue weighted by atomic mass is 28.4. The lowest BCUT2D eigenvalue weighted by atomic mass is 10.2.